The average molecular weight is 780 g/mol. The van der Waals surface area contributed by atoms with Crippen LogP contribution in [0.1, 0.15) is 16.7 Å². The van der Waals surface area contributed by atoms with Crippen LogP contribution >= 0.6 is 11.3 Å². The normalized spacial score (nSPS) is 12.1. The van der Waals surface area contributed by atoms with Crippen molar-refractivity contribution in [3.05, 3.63) is 235 Å². The van der Waals surface area contributed by atoms with Gasteiger partial charge in [-0.1, -0.05) is 188 Å². The highest BCUT2D eigenvalue weighted by Crippen LogP contribution is 2.44. The molecule has 0 aliphatic rings. The maximum Gasteiger partial charge on any atom is 0.0620 e. The Morgan fingerprint density at radius 3 is 1.68 bits per heavy atom. The molecule has 280 valence electrons. The van der Waals surface area contributed by atoms with Crippen molar-refractivity contribution >= 4 is 86.5 Å². The lowest BCUT2D eigenvalue weighted by Crippen LogP contribution is -1.95. The lowest BCUT2D eigenvalue weighted by molar-refractivity contribution is 1.19. The monoisotopic (exact) mass is 779 g/mol. The standard InChI is InChI=1S/C58H37NS/c1-3-13-39(14-4-1)40-24-26-42(27-25-40)52(35-38-23-33-49-48-20-11-12-22-55(48)60-56(49)36-38)43-28-30-44(31-29-43)53-37-54-51-34-32-41-15-7-8-18-46(41)57(51)59(45-16-5-2-6-17-45)58(54)50-21-10-9-19-47(50)53/h1-37H/b52-35-. The van der Waals surface area contributed by atoms with Crippen molar-refractivity contribution in [3.8, 4) is 27.9 Å². The Morgan fingerprint density at radius 2 is 0.917 bits per heavy atom. The predicted octanol–water partition coefficient (Wildman–Crippen LogP) is 16.4. The Kier molecular flexibility index (Phi) is 8.11. The quantitative estimate of drug-likeness (QED) is 0.148. The largest absolute Gasteiger partial charge is 0.308 e. The Balaban J connectivity index is 1.03. The highest BCUT2D eigenvalue weighted by Gasteiger charge is 2.20. The summed E-state index contributed by atoms with van der Waals surface area (Å²) in [6.45, 7) is 0. The summed E-state index contributed by atoms with van der Waals surface area (Å²) in [5.74, 6) is 0. The number of thiophene rings is 1. The second kappa shape index (κ2) is 14.1. The van der Waals surface area contributed by atoms with Gasteiger partial charge in [0.05, 0.1) is 11.0 Å². The third-order valence-corrected chi connectivity index (χ3v) is 13.3. The SMILES string of the molecule is C(=C(\c1ccc(-c2ccccc2)cc1)c1ccc(-c2cc3c4ccc5ccccc5c4n(-c4ccccc4)c3c3ccccc23)cc1)/c1ccc2c(c1)sc1ccccc12. The maximum atomic E-state index is 2.48. The maximum absolute atomic E-state index is 2.48. The van der Waals surface area contributed by atoms with Crippen molar-refractivity contribution in [2.75, 3.05) is 0 Å². The molecule has 0 spiro atoms. The fourth-order valence-corrected chi connectivity index (χ4v) is 10.5. The molecule has 12 aromatic rings. The van der Waals surface area contributed by atoms with Crippen LogP contribution in [0, 0.1) is 0 Å². The first-order chi connectivity index (χ1) is 29.7. The van der Waals surface area contributed by atoms with Gasteiger partial charge in [-0.15, -0.1) is 11.3 Å². The summed E-state index contributed by atoms with van der Waals surface area (Å²) in [4.78, 5) is 0. The van der Waals surface area contributed by atoms with Crippen LogP contribution in [0.3, 0.4) is 0 Å². The Bertz CT molecular complexity index is 3610. The molecule has 0 N–H and O–H groups in total. The highest BCUT2D eigenvalue weighted by molar-refractivity contribution is 7.25. The van der Waals surface area contributed by atoms with Gasteiger partial charge in [0.1, 0.15) is 0 Å². The van der Waals surface area contributed by atoms with E-state index in [0.717, 1.165) is 0 Å². The minimum atomic E-state index is 1.17. The summed E-state index contributed by atoms with van der Waals surface area (Å²) in [6, 6.07) is 80.1. The Labute approximate surface area is 352 Å². The van der Waals surface area contributed by atoms with Crippen LogP contribution in [-0.2, 0) is 0 Å². The number of hydrogen-bond donors (Lipinski definition) is 0. The molecule has 2 heterocycles. The van der Waals surface area contributed by atoms with Crippen molar-refractivity contribution in [2.45, 2.75) is 0 Å². The van der Waals surface area contributed by atoms with E-state index in [0.29, 0.717) is 0 Å². The summed E-state index contributed by atoms with van der Waals surface area (Å²) in [5.41, 5.74) is 13.3. The molecule has 0 saturated carbocycles. The molecule has 0 atom stereocenters. The van der Waals surface area contributed by atoms with Crippen molar-refractivity contribution in [1.82, 2.24) is 4.57 Å². The second-order valence-electron chi connectivity index (χ2n) is 15.7. The number of nitrogens with zero attached hydrogens (tertiary/aromatic N) is 1. The zero-order valence-electron chi connectivity index (χ0n) is 32.7. The average Bonchev–Trinajstić information content (AvgIpc) is 3.87. The van der Waals surface area contributed by atoms with E-state index >= 15 is 0 Å². The van der Waals surface area contributed by atoms with E-state index in [4.69, 9.17) is 0 Å². The van der Waals surface area contributed by atoms with Crippen LogP contribution in [0.5, 0.6) is 0 Å². The van der Waals surface area contributed by atoms with Gasteiger partial charge in [-0.2, -0.15) is 0 Å². The van der Waals surface area contributed by atoms with Gasteiger partial charge in [-0.3, -0.25) is 0 Å². The fourth-order valence-electron chi connectivity index (χ4n) is 9.34. The molecule has 10 aromatic carbocycles. The molecular formula is C58H37NS. The first-order valence-corrected chi connectivity index (χ1v) is 21.4. The van der Waals surface area contributed by atoms with Gasteiger partial charge >= 0.3 is 0 Å². The number of fused-ring (bicyclic) bond motifs is 10. The zero-order valence-corrected chi connectivity index (χ0v) is 33.5. The van der Waals surface area contributed by atoms with Gasteiger partial charge in [-0.05, 0) is 91.7 Å². The van der Waals surface area contributed by atoms with Crippen LogP contribution in [0.25, 0.3) is 103 Å². The molecule has 0 aliphatic carbocycles. The molecule has 2 aromatic heterocycles. The van der Waals surface area contributed by atoms with E-state index in [2.05, 4.69) is 229 Å². The van der Waals surface area contributed by atoms with Gasteiger partial charge in [0, 0.05) is 47.4 Å². The van der Waals surface area contributed by atoms with Crippen LogP contribution in [0.4, 0.5) is 0 Å². The third-order valence-electron chi connectivity index (χ3n) is 12.2. The lowest BCUT2D eigenvalue weighted by atomic mass is 9.91. The zero-order chi connectivity index (χ0) is 39.6. The minimum Gasteiger partial charge on any atom is -0.308 e. The molecule has 12 rings (SSSR count). The molecule has 0 bridgehead atoms. The number of benzene rings is 10. The van der Waals surface area contributed by atoms with Gasteiger partial charge < -0.3 is 4.57 Å². The molecule has 0 amide bonds. The molecule has 0 unspecified atom stereocenters. The first kappa shape index (κ1) is 34.5. The fraction of sp³-hybridized carbons (Fsp3) is 0. The van der Waals surface area contributed by atoms with E-state index in [1.165, 1.54) is 114 Å². The van der Waals surface area contributed by atoms with E-state index < -0.39 is 0 Å². The molecule has 0 radical (unpaired) electrons. The third kappa shape index (κ3) is 5.68. The lowest BCUT2D eigenvalue weighted by Gasteiger charge is -2.14. The van der Waals surface area contributed by atoms with Crippen molar-refractivity contribution in [3.63, 3.8) is 0 Å². The number of rotatable bonds is 6. The highest BCUT2D eigenvalue weighted by atomic mass is 32.1. The van der Waals surface area contributed by atoms with Gasteiger partial charge in [0.2, 0.25) is 0 Å². The predicted molar refractivity (Wildman–Crippen MR) is 259 cm³/mol. The summed E-state index contributed by atoms with van der Waals surface area (Å²) in [5, 5.41) is 10.1. The Hall–Kier alpha value is -7.52. The van der Waals surface area contributed by atoms with E-state index in [1.54, 1.807) is 0 Å². The van der Waals surface area contributed by atoms with Crippen LogP contribution in [-0.4, -0.2) is 4.57 Å². The molecule has 1 nitrogen and oxygen atoms in total. The van der Waals surface area contributed by atoms with Crippen LogP contribution in [0.2, 0.25) is 0 Å². The van der Waals surface area contributed by atoms with E-state index in [1.807, 2.05) is 11.3 Å². The van der Waals surface area contributed by atoms with Gasteiger partial charge in [0.15, 0.2) is 0 Å². The summed E-state index contributed by atoms with van der Waals surface area (Å²) in [7, 11) is 0. The van der Waals surface area contributed by atoms with E-state index in [-0.39, 0.29) is 0 Å². The summed E-state index contributed by atoms with van der Waals surface area (Å²) >= 11 is 1.87. The molecule has 2 heteroatoms. The molecular weight excluding hydrogens is 743 g/mol. The van der Waals surface area contributed by atoms with Gasteiger partial charge in [0.25, 0.3) is 0 Å². The molecule has 60 heavy (non-hydrogen) atoms. The van der Waals surface area contributed by atoms with Crippen LogP contribution in [0.15, 0.2) is 218 Å². The number of aromatic nitrogens is 1. The molecule has 0 fully saturated rings. The first-order valence-electron chi connectivity index (χ1n) is 20.6. The van der Waals surface area contributed by atoms with Crippen molar-refractivity contribution in [1.29, 1.82) is 0 Å². The van der Waals surface area contributed by atoms with Crippen molar-refractivity contribution in [2.24, 2.45) is 0 Å². The van der Waals surface area contributed by atoms with Crippen molar-refractivity contribution < 1.29 is 0 Å². The summed E-state index contributed by atoms with van der Waals surface area (Å²) in [6.07, 6.45) is 2.36. The number of para-hydroxylation sites is 1. The van der Waals surface area contributed by atoms with Crippen LogP contribution < -0.4 is 0 Å². The number of hydrogen-bond acceptors (Lipinski definition) is 1. The van der Waals surface area contributed by atoms with Gasteiger partial charge in [-0.25, -0.2) is 0 Å². The molecule has 0 saturated heterocycles. The molecule has 0 aliphatic heterocycles. The summed E-state index contributed by atoms with van der Waals surface area (Å²) < 4.78 is 5.12. The topological polar surface area (TPSA) is 4.93 Å². The second-order valence-corrected chi connectivity index (χ2v) is 16.7. The van der Waals surface area contributed by atoms with E-state index in [9.17, 15) is 0 Å². The smallest absolute Gasteiger partial charge is 0.0620 e. The Morgan fingerprint density at radius 1 is 0.367 bits per heavy atom. The minimum absolute atomic E-state index is 1.17.